The van der Waals surface area contributed by atoms with Crippen molar-refractivity contribution in [3.05, 3.63) is 66.0 Å². The maximum atomic E-state index is 12.3. The molecule has 138 valence electrons. The van der Waals surface area contributed by atoms with Gasteiger partial charge in [0.1, 0.15) is 0 Å². The number of amides is 1. The Morgan fingerprint density at radius 1 is 0.889 bits per heavy atom. The zero-order chi connectivity index (χ0) is 19.2. The van der Waals surface area contributed by atoms with E-state index in [9.17, 15) is 4.79 Å². The molecule has 2 N–H and O–H groups in total. The van der Waals surface area contributed by atoms with Crippen molar-refractivity contribution in [1.82, 2.24) is 9.97 Å². The molecule has 0 aliphatic carbocycles. The Bertz CT molecular complexity index is 925. The SMILES string of the molecule is COc1ccc(Nc2ncc(C(=O)Nc3ccc(C)cc3)cn2)cc1OC. The smallest absolute Gasteiger partial charge is 0.258 e. The first-order valence-electron chi connectivity index (χ1n) is 8.28. The fourth-order valence-electron chi connectivity index (χ4n) is 2.39. The Hall–Kier alpha value is -3.61. The monoisotopic (exact) mass is 364 g/mol. The predicted molar refractivity (Wildman–Crippen MR) is 104 cm³/mol. The molecule has 7 heteroatoms. The number of aromatic nitrogens is 2. The van der Waals surface area contributed by atoms with Crippen molar-refractivity contribution in [3.63, 3.8) is 0 Å². The van der Waals surface area contributed by atoms with Crippen LogP contribution in [-0.2, 0) is 0 Å². The van der Waals surface area contributed by atoms with Gasteiger partial charge in [-0.2, -0.15) is 0 Å². The second kappa shape index (κ2) is 8.18. The highest BCUT2D eigenvalue weighted by molar-refractivity contribution is 6.03. The van der Waals surface area contributed by atoms with Crippen molar-refractivity contribution in [2.24, 2.45) is 0 Å². The van der Waals surface area contributed by atoms with Gasteiger partial charge in [0.25, 0.3) is 5.91 Å². The normalized spacial score (nSPS) is 10.2. The molecule has 2 aromatic carbocycles. The zero-order valence-electron chi connectivity index (χ0n) is 15.3. The maximum absolute atomic E-state index is 12.3. The van der Waals surface area contributed by atoms with Crippen molar-refractivity contribution in [3.8, 4) is 11.5 Å². The molecule has 27 heavy (non-hydrogen) atoms. The number of carbonyl (C=O) groups excluding carboxylic acids is 1. The van der Waals surface area contributed by atoms with E-state index in [0.717, 1.165) is 16.9 Å². The number of hydrogen-bond donors (Lipinski definition) is 2. The van der Waals surface area contributed by atoms with Crippen molar-refractivity contribution in [2.75, 3.05) is 24.9 Å². The first-order chi connectivity index (χ1) is 13.1. The lowest BCUT2D eigenvalue weighted by Crippen LogP contribution is -2.13. The summed E-state index contributed by atoms with van der Waals surface area (Å²) in [4.78, 5) is 20.7. The minimum atomic E-state index is -0.267. The summed E-state index contributed by atoms with van der Waals surface area (Å²) in [5.41, 5.74) is 2.96. The first kappa shape index (κ1) is 18.2. The maximum Gasteiger partial charge on any atom is 0.258 e. The molecule has 0 spiro atoms. The quantitative estimate of drug-likeness (QED) is 0.692. The molecule has 0 saturated carbocycles. The van der Waals surface area contributed by atoms with Crippen LogP contribution in [0.15, 0.2) is 54.9 Å². The molecule has 0 atom stereocenters. The lowest BCUT2D eigenvalue weighted by Gasteiger charge is -2.10. The van der Waals surface area contributed by atoms with Gasteiger partial charge in [0.05, 0.1) is 19.8 Å². The number of hydrogen-bond acceptors (Lipinski definition) is 6. The standard InChI is InChI=1S/C20H20N4O3/c1-13-4-6-15(7-5-13)23-19(25)14-11-21-20(22-12-14)24-16-8-9-17(26-2)18(10-16)27-3/h4-12H,1-3H3,(H,23,25)(H,21,22,24). The van der Waals surface area contributed by atoms with Crippen molar-refractivity contribution < 1.29 is 14.3 Å². The molecule has 0 radical (unpaired) electrons. The van der Waals surface area contributed by atoms with E-state index >= 15 is 0 Å². The third-order valence-corrected chi connectivity index (χ3v) is 3.86. The van der Waals surface area contributed by atoms with Crippen molar-refractivity contribution in [2.45, 2.75) is 6.92 Å². The van der Waals surface area contributed by atoms with E-state index < -0.39 is 0 Å². The fraction of sp³-hybridized carbons (Fsp3) is 0.150. The van der Waals surface area contributed by atoms with Crippen LogP contribution in [-0.4, -0.2) is 30.1 Å². The third kappa shape index (κ3) is 4.52. The van der Waals surface area contributed by atoms with E-state index in [-0.39, 0.29) is 5.91 Å². The van der Waals surface area contributed by atoms with Crippen molar-refractivity contribution >= 4 is 23.2 Å². The van der Waals surface area contributed by atoms with Gasteiger partial charge < -0.3 is 20.1 Å². The lowest BCUT2D eigenvalue weighted by atomic mass is 10.2. The summed E-state index contributed by atoms with van der Waals surface area (Å²) in [6.07, 6.45) is 2.94. The molecule has 0 bridgehead atoms. The van der Waals surface area contributed by atoms with Crippen LogP contribution in [0.1, 0.15) is 15.9 Å². The van der Waals surface area contributed by atoms with E-state index in [0.29, 0.717) is 23.0 Å². The van der Waals surface area contributed by atoms with Crippen LogP contribution in [0.2, 0.25) is 0 Å². The molecule has 1 heterocycles. The highest BCUT2D eigenvalue weighted by Gasteiger charge is 2.09. The number of ether oxygens (including phenoxy) is 2. The second-order valence-corrected chi connectivity index (χ2v) is 5.81. The van der Waals surface area contributed by atoms with Gasteiger partial charge in [-0.05, 0) is 31.2 Å². The highest BCUT2D eigenvalue weighted by Crippen LogP contribution is 2.30. The van der Waals surface area contributed by atoms with E-state index in [4.69, 9.17) is 9.47 Å². The highest BCUT2D eigenvalue weighted by atomic mass is 16.5. The Morgan fingerprint density at radius 3 is 2.15 bits per heavy atom. The number of rotatable bonds is 6. The number of nitrogens with one attached hydrogen (secondary N) is 2. The van der Waals surface area contributed by atoms with Crippen LogP contribution in [0.4, 0.5) is 17.3 Å². The van der Waals surface area contributed by atoms with E-state index in [2.05, 4.69) is 20.6 Å². The van der Waals surface area contributed by atoms with Crippen LogP contribution in [0.3, 0.4) is 0 Å². The molecule has 1 amide bonds. The van der Waals surface area contributed by atoms with Gasteiger partial charge in [-0.3, -0.25) is 4.79 Å². The molecule has 3 rings (SSSR count). The Labute approximate surface area is 157 Å². The molecule has 3 aromatic rings. The fourth-order valence-corrected chi connectivity index (χ4v) is 2.39. The summed E-state index contributed by atoms with van der Waals surface area (Å²) < 4.78 is 10.5. The second-order valence-electron chi connectivity index (χ2n) is 5.81. The van der Waals surface area contributed by atoms with Crippen LogP contribution in [0.25, 0.3) is 0 Å². The predicted octanol–water partition coefficient (Wildman–Crippen LogP) is 3.80. The molecule has 1 aromatic heterocycles. The number of nitrogens with zero attached hydrogens (tertiary/aromatic N) is 2. The molecule has 0 fully saturated rings. The van der Waals surface area contributed by atoms with Gasteiger partial charge in [-0.25, -0.2) is 9.97 Å². The van der Waals surface area contributed by atoms with Crippen LogP contribution in [0, 0.1) is 6.92 Å². The summed E-state index contributed by atoms with van der Waals surface area (Å²) >= 11 is 0. The van der Waals surface area contributed by atoms with Crippen LogP contribution in [0.5, 0.6) is 11.5 Å². The largest absolute Gasteiger partial charge is 0.493 e. The minimum Gasteiger partial charge on any atom is -0.493 e. The lowest BCUT2D eigenvalue weighted by molar-refractivity contribution is 0.102. The van der Waals surface area contributed by atoms with E-state index in [1.807, 2.05) is 37.3 Å². The average Bonchev–Trinajstić information content (AvgIpc) is 2.70. The molecular formula is C20H20N4O3. The van der Waals surface area contributed by atoms with Gasteiger partial charge in [0.2, 0.25) is 5.95 Å². The first-order valence-corrected chi connectivity index (χ1v) is 8.28. The number of carbonyl (C=O) groups is 1. The van der Waals surface area contributed by atoms with Gasteiger partial charge in [0, 0.05) is 29.8 Å². The molecular weight excluding hydrogens is 344 g/mol. The Morgan fingerprint density at radius 2 is 1.52 bits per heavy atom. The summed E-state index contributed by atoms with van der Waals surface area (Å²) in [6.45, 7) is 1.99. The van der Waals surface area contributed by atoms with Gasteiger partial charge in [-0.15, -0.1) is 0 Å². The molecule has 0 saturated heterocycles. The summed E-state index contributed by atoms with van der Waals surface area (Å²) in [5, 5.41) is 5.88. The topological polar surface area (TPSA) is 85.4 Å². The number of benzene rings is 2. The summed E-state index contributed by atoms with van der Waals surface area (Å²) in [5.74, 6) is 1.33. The number of methoxy groups -OCH3 is 2. The Kier molecular flexibility index (Phi) is 5.51. The van der Waals surface area contributed by atoms with Gasteiger partial charge >= 0.3 is 0 Å². The zero-order valence-corrected chi connectivity index (χ0v) is 15.3. The molecule has 0 aliphatic heterocycles. The average molecular weight is 364 g/mol. The van der Waals surface area contributed by atoms with E-state index in [1.54, 1.807) is 26.4 Å². The number of anilines is 3. The van der Waals surface area contributed by atoms with Gasteiger partial charge in [-0.1, -0.05) is 17.7 Å². The summed E-state index contributed by atoms with van der Waals surface area (Å²) in [6, 6.07) is 12.9. The Balaban J connectivity index is 1.68. The van der Waals surface area contributed by atoms with Crippen molar-refractivity contribution in [1.29, 1.82) is 0 Å². The van der Waals surface area contributed by atoms with Crippen LogP contribution < -0.4 is 20.1 Å². The molecule has 0 unspecified atom stereocenters. The molecule has 0 aliphatic rings. The third-order valence-electron chi connectivity index (χ3n) is 3.86. The number of aryl methyl sites for hydroxylation is 1. The molecule has 7 nitrogen and oxygen atoms in total. The minimum absolute atomic E-state index is 0.267. The summed E-state index contributed by atoms with van der Waals surface area (Å²) in [7, 11) is 3.15. The van der Waals surface area contributed by atoms with Gasteiger partial charge in [0.15, 0.2) is 11.5 Å². The van der Waals surface area contributed by atoms with E-state index in [1.165, 1.54) is 12.4 Å². The van der Waals surface area contributed by atoms with Crippen LogP contribution >= 0.6 is 0 Å².